The maximum atomic E-state index is 12.6. The van der Waals surface area contributed by atoms with Crippen LogP contribution < -0.4 is 5.73 Å². The molecule has 9 heteroatoms. The number of phosphoric acid groups is 1. The lowest BCUT2D eigenvalue weighted by atomic mass is 10.0. The Balaban J connectivity index is 4.07. The molecule has 0 bridgehead atoms. The highest BCUT2D eigenvalue weighted by Gasteiger charge is 2.25. The van der Waals surface area contributed by atoms with Gasteiger partial charge in [0.2, 0.25) is 0 Å². The van der Waals surface area contributed by atoms with Gasteiger partial charge in [-0.25, -0.2) is 4.57 Å². The maximum absolute atomic E-state index is 12.6. The number of carbonyl (C=O) groups excluding carboxylic acids is 1. The molecule has 0 heterocycles. The first-order valence-corrected chi connectivity index (χ1v) is 25.2. The minimum Gasteiger partial charge on any atom is -0.457 e. The third-order valence-corrected chi connectivity index (χ3v) is 10.5. The van der Waals surface area contributed by atoms with Crippen molar-refractivity contribution in [1.82, 2.24) is 0 Å². The lowest BCUT2D eigenvalue weighted by molar-refractivity contribution is -0.154. The van der Waals surface area contributed by atoms with Crippen LogP contribution in [0, 0.1) is 0 Å². The summed E-state index contributed by atoms with van der Waals surface area (Å²) in [6, 6.07) is 0. The Hall–Kier alpha value is -2.58. The van der Waals surface area contributed by atoms with Crippen LogP contribution in [0.25, 0.3) is 0 Å². The highest BCUT2D eigenvalue weighted by molar-refractivity contribution is 7.47. The van der Waals surface area contributed by atoms with E-state index in [1.807, 2.05) is 0 Å². The molecule has 0 fully saturated rings. The van der Waals surface area contributed by atoms with Crippen LogP contribution in [0.1, 0.15) is 181 Å². The van der Waals surface area contributed by atoms with Crippen LogP contribution in [0.3, 0.4) is 0 Å². The highest BCUT2D eigenvalue weighted by Crippen LogP contribution is 2.43. The summed E-state index contributed by atoms with van der Waals surface area (Å²) < 4.78 is 33.4. The molecule has 0 aromatic heterocycles. The number of allylic oxidation sites excluding steroid dienone is 15. The van der Waals surface area contributed by atoms with E-state index in [1.54, 1.807) is 0 Å². The zero-order chi connectivity index (χ0) is 43.7. The average molecular weight is 858 g/mol. The van der Waals surface area contributed by atoms with Gasteiger partial charge in [-0.05, 0) is 83.5 Å². The third kappa shape index (κ3) is 46.5. The Morgan fingerprint density at radius 1 is 0.517 bits per heavy atom. The molecule has 0 radical (unpaired) electrons. The number of ether oxygens (including phenoxy) is 2. The van der Waals surface area contributed by atoms with Crippen molar-refractivity contribution in [2.75, 3.05) is 33.0 Å². The molecule has 0 saturated heterocycles. The van der Waals surface area contributed by atoms with Gasteiger partial charge < -0.3 is 20.1 Å². The van der Waals surface area contributed by atoms with Crippen molar-refractivity contribution in [2.45, 2.75) is 187 Å². The number of nitrogens with two attached hydrogens (primary N) is 1. The number of hydrogen-bond donors (Lipinski definition) is 2. The van der Waals surface area contributed by atoms with E-state index in [-0.39, 0.29) is 32.3 Å². The van der Waals surface area contributed by atoms with Crippen molar-refractivity contribution in [3.05, 3.63) is 97.2 Å². The molecule has 2 atom stereocenters. The number of hydrogen-bond acceptors (Lipinski definition) is 7. The summed E-state index contributed by atoms with van der Waals surface area (Å²) in [6.45, 7) is 4.54. The third-order valence-electron chi connectivity index (χ3n) is 9.50. The van der Waals surface area contributed by atoms with Crippen molar-refractivity contribution in [3.8, 4) is 0 Å². The first kappa shape index (κ1) is 57.4. The predicted octanol–water partition coefficient (Wildman–Crippen LogP) is 14.6. The summed E-state index contributed by atoms with van der Waals surface area (Å²) >= 11 is 0. The summed E-state index contributed by atoms with van der Waals surface area (Å²) in [4.78, 5) is 22.5. The molecule has 0 saturated carbocycles. The molecular weight excluding hydrogens is 770 g/mol. The summed E-state index contributed by atoms with van der Waals surface area (Å²) in [6.07, 6.45) is 63.2. The molecule has 60 heavy (non-hydrogen) atoms. The van der Waals surface area contributed by atoms with Gasteiger partial charge in [0, 0.05) is 13.0 Å². The van der Waals surface area contributed by atoms with Crippen molar-refractivity contribution in [3.63, 3.8) is 0 Å². The molecule has 0 rings (SSSR count). The molecule has 2 unspecified atom stereocenters. The van der Waals surface area contributed by atoms with Gasteiger partial charge in [-0.2, -0.15) is 0 Å². The summed E-state index contributed by atoms with van der Waals surface area (Å²) in [7, 11) is -4.31. The molecule has 0 aliphatic carbocycles. The van der Waals surface area contributed by atoms with Crippen LogP contribution in [-0.4, -0.2) is 49.9 Å². The predicted molar refractivity (Wildman–Crippen MR) is 256 cm³/mol. The molecule has 0 aliphatic rings. The van der Waals surface area contributed by atoms with E-state index in [4.69, 9.17) is 24.3 Å². The zero-order valence-electron chi connectivity index (χ0n) is 38.2. The van der Waals surface area contributed by atoms with Crippen LogP contribution in [0.15, 0.2) is 97.2 Å². The topological polar surface area (TPSA) is 117 Å². The Labute approximate surface area is 368 Å². The largest absolute Gasteiger partial charge is 0.472 e. The number of carbonyl (C=O) groups is 1. The van der Waals surface area contributed by atoms with E-state index in [0.717, 1.165) is 64.2 Å². The average Bonchev–Trinajstić information content (AvgIpc) is 3.24. The van der Waals surface area contributed by atoms with Gasteiger partial charge >= 0.3 is 13.8 Å². The number of phosphoric ester groups is 1. The van der Waals surface area contributed by atoms with Crippen LogP contribution in [0.4, 0.5) is 0 Å². The van der Waals surface area contributed by atoms with E-state index in [2.05, 4.69) is 111 Å². The minimum absolute atomic E-state index is 0.0548. The van der Waals surface area contributed by atoms with Crippen molar-refractivity contribution < 1.29 is 32.8 Å². The number of esters is 1. The Bertz CT molecular complexity index is 1240. The lowest BCUT2D eigenvalue weighted by Crippen LogP contribution is -2.28. The van der Waals surface area contributed by atoms with Gasteiger partial charge in [-0.15, -0.1) is 0 Å². The second-order valence-corrected chi connectivity index (χ2v) is 16.7. The van der Waals surface area contributed by atoms with Crippen LogP contribution in [0.5, 0.6) is 0 Å². The lowest BCUT2D eigenvalue weighted by Gasteiger charge is -2.19. The molecule has 0 aliphatic heterocycles. The van der Waals surface area contributed by atoms with Gasteiger partial charge in [0.25, 0.3) is 0 Å². The Morgan fingerprint density at radius 3 is 1.40 bits per heavy atom. The molecule has 0 spiro atoms. The van der Waals surface area contributed by atoms with Gasteiger partial charge in [0.1, 0.15) is 6.10 Å². The molecule has 3 N–H and O–H groups in total. The smallest absolute Gasteiger partial charge is 0.457 e. The molecule has 0 aromatic rings. The molecule has 0 amide bonds. The first-order chi connectivity index (χ1) is 29.4. The normalized spacial score (nSPS) is 14.3. The van der Waals surface area contributed by atoms with Crippen molar-refractivity contribution in [2.24, 2.45) is 5.73 Å². The van der Waals surface area contributed by atoms with E-state index in [1.165, 1.54) is 89.9 Å². The second kappa shape index (κ2) is 47.5. The standard InChI is InChI=1S/C51H88NO7P/c1-3-5-7-9-11-13-15-17-19-21-22-23-24-25-26-27-28-29-30-32-34-36-38-40-42-44-51(53)59-50(49-58-60(54,55)57-47-45-52)48-56-46-43-41-39-37-35-33-31-20-18-16-14-12-10-8-6-4-2/h6,8,12,14-15,17-18,20-22,24-25,33,35,39,41,50H,3-5,7,9-11,13,16,19,23,26-32,34,36-38,40,42-49,52H2,1-2H3,(H,54,55)/b8-6-,14-12-,17-15-,20-18-,22-21-,25-24-,35-33-,41-39-. The quantitative estimate of drug-likeness (QED) is 0.0269. The molecule has 8 nitrogen and oxygen atoms in total. The van der Waals surface area contributed by atoms with E-state index < -0.39 is 13.9 Å². The Kier molecular flexibility index (Phi) is 45.4. The SMILES string of the molecule is CC/C=C\C/C=C\C/C=C\C/C=C\C/C=C\CCOCC(COP(=O)(O)OCCN)OC(=O)CCCCCCCCCCCC/C=C\C/C=C\C/C=C\CCCCCCC. The fourth-order valence-electron chi connectivity index (χ4n) is 6.07. The molecule has 0 aromatic carbocycles. The van der Waals surface area contributed by atoms with Gasteiger partial charge in [-0.1, -0.05) is 188 Å². The minimum atomic E-state index is -4.31. The van der Waals surface area contributed by atoms with Crippen molar-refractivity contribution >= 4 is 13.8 Å². The van der Waals surface area contributed by atoms with Crippen molar-refractivity contribution in [1.29, 1.82) is 0 Å². The van der Waals surface area contributed by atoms with E-state index in [9.17, 15) is 14.3 Å². The van der Waals surface area contributed by atoms with Crippen LogP contribution in [0.2, 0.25) is 0 Å². The number of rotatable bonds is 44. The second-order valence-electron chi connectivity index (χ2n) is 15.2. The molecular formula is C51H88NO7P. The first-order valence-electron chi connectivity index (χ1n) is 23.7. The van der Waals surface area contributed by atoms with Crippen LogP contribution >= 0.6 is 7.82 Å². The monoisotopic (exact) mass is 858 g/mol. The number of unbranched alkanes of at least 4 members (excludes halogenated alkanes) is 15. The summed E-state index contributed by atoms with van der Waals surface area (Å²) in [5.41, 5.74) is 5.37. The summed E-state index contributed by atoms with van der Waals surface area (Å²) in [5.74, 6) is -0.363. The van der Waals surface area contributed by atoms with Crippen LogP contribution in [-0.2, 0) is 27.9 Å². The van der Waals surface area contributed by atoms with E-state index in [0.29, 0.717) is 19.4 Å². The fraction of sp³-hybridized carbons (Fsp3) is 0.667. The van der Waals surface area contributed by atoms with E-state index >= 15 is 0 Å². The zero-order valence-corrected chi connectivity index (χ0v) is 39.1. The highest BCUT2D eigenvalue weighted by atomic mass is 31.2. The van der Waals surface area contributed by atoms with Gasteiger partial charge in [0.15, 0.2) is 0 Å². The maximum Gasteiger partial charge on any atom is 0.472 e. The van der Waals surface area contributed by atoms with Gasteiger partial charge in [0.05, 0.1) is 26.4 Å². The Morgan fingerprint density at radius 2 is 0.933 bits per heavy atom. The van der Waals surface area contributed by atoms with Gasteiger partial charge in [-0.3, -0.25) is 13.8 Å². The fourth-order valence-corrected chi connectivity index (χ4v) is 6.83. The molecule has 344 valence electrons. The summed E-state index contributed by atoms with van der Waals surface area (Å²) in [5, 5.41) is 0.